The van der Waals surface area contributed by atoms with E-state index in [1.807, 2.05) is 6.92 Å². The molecule has 0 aromatic heterocycles. The lowest BCUT2D eigenvalue weighted by Gasteiger charge is -2.28. The number of carbonyl (C=O) groups is 1. The normalized spacial score (nSPS) is 14.5. The molecule has 0 heterocycles. The van der Waals surface area contributed by atoms with E-state index in [9.17, 15) is 4.79 Å². The summed E-state index contributed by atoms with van der Waals surface area (Å²) in [6.45, 7) is 16.8. The lowest BCUT2D eigenvalue weighted by molar-refractivity contribution is -0.159. The summed E-state index contributed by atoms with van der Waals surface area (Å²) in [6.07, 6.45) is 0.902. The summed E-state index contributed by atoms with van der Waals surface area (Å²) in [4.78, 5) is 12.0. The third kappa shape index (κ3) is 6.70. The van der Waals surface area contributed by atoms with Crippen LogP contribution in [-0.2, 0) is 9.53 Å². The molecule has 0 aromatic carbocycles. The van der Waals surface area contributed by atoms with Gasteiger partial charge >= 0.3 is 5.97 Å². The van der Waals surface area contributed by atoms with Crippen LogP contribution in [0.1, 0.15) is 61.8 Å². The van der Waals surface area contributed by atoms with Crippen molar-refractivity contribution in [3.63, 3.8) is 0 Å². The van der Waals surface area contributed by atoms with E-state index < -0.39 is 0 Å². The molecule has 0 radical (unpaired) electrons. The van der Waals surface area contributed by atoms with Crippen LogP contribution in [0, 0.1) is 23.2 Å². The van der Waals surface area contributed by atoms with Gasteiger partial charge in [0.05, 0.1) is 5.92 Å². The zero-order chi connectivity index (χ0) is 13.8. The molecule has 17 heavy (non-hydrogen) atoms. The summed E-state index contributed by atoms with van der Waals surface area (Å²) in [5.41, 5.74) is 0.170. The van der Waals surface area contributed by atoms with Crippen LogP contribution in [0.15, 0.2) is 0 Å². The highest BCUT2D eigenvalue weighted by Gasteiger charge is 2.27. The van der Waals surface area contributed by atoms with Gasteiger partial charge in [-0.2, -0.15) is 0 Å². The highest BCUT2D eigenvalue weighted by molar-refractivity contribution is 5.72. The Morgan fingerprint density at radius 3 is 1.71 bits per heavy atom. The van der Waals surface area contributed by atoms with E-state index in [1.54, 1.807) is 0 Å². The minimum absolute atomic E-state index is 0.0185. The molecular weight excluding hydrogens is 212 g/mol. The number of ether oxygens (including phenoxy) is 1. The van der Waals surface area contributed by atoms with E-state index in [2.05, 4.69) is 48.5 Å². The van der Waals surface area contributed by atoms with Crippen LogP contribution in [0.5, 0.6) is 0 Å². The molecule has 2 heteroatoms. The number of rotatable bonds is 5. The largest absolute Gasteiger partial charge is 0.462 e. The van der Waals surface area contributed by atoms with Gasteiger partial charge in [-0.25, -0.2) is 0 Å². The number of hydrogen-bond acceptors (Lipinski definition) is 2. The molecule has 2 nitrogen and oxygen atoms in total. The van der Waals surface area contributed by atoms with Crippen molar-refractivity contribution in [2.45, 2.75) is 67.9 Å². The van der Waals surface area contributed by atoms with Crippen LogP contribution in [-0.4, -0.2) is 12.1 Å². The molecule has 0 spiro atoms. The van der Waals surface area contributed by atoms with Gasteiger partial charge in [-0.05, 0) is 23.7 Å². The third-order valence-electron chi connectivity index (χ3n) is 2.89. The standard InChI is InChI=1S/C15H30O2/c1-10(2)13(11(3)4)17-14(16)12(5)9-15(6,7)8/h10-13H,9H2,1-8H3. The second-order valence-electron chi connectivity index (χ2n) is 7.06. The van der Waals surface area contributed by atoms with Crippen molar-refractivity contribution in [1.29, 1.82) is 0 Å². The second kappa shape index (κ2) is 6.42. The molecule has 0 amide bonds. The first-order valence-electron chi connectivity index (χ1n) is 6.75. The molecule has 0 aliphatic rings. The zero-order valence-corrected chi connectivity index (χ0v) is 12.8. The van der Waals surface area contributed by atoms with Crippen molar-refractivity contribution in [1.82, 2.24) is 0 Å². The fourth-order valence-electron chi connectivity index (χ4n) is 2.29. The Morgan fingerprint density at radius 1 is 1.00 bits per heavy atom. The Kier molecular flexibility index (Phi) is 6.22. The fourth-order valence-corrected chi connectivity index (χ4v) is 2.29. The molecule has 0 bridgehead atoms. The van der Waals surface area contributed by atoms with Crippen molar-refractivity contribution < 1.29 is 9.53 Å². The molecule has 0 aromatic rings. The monoisotopic (exact) mass is 242 g/mol. The van der Waals surface area contributed by atoms with Gasteiger partial charge in [0.2, 0.25) is 0 Å². The summed E-state index contributed by atoms with van der Waals surface area (Å²) in [5, 5.41) is 0. The molecule has 0 aliphatic heterocycles. The van der Waals surface area contributed by atoms with Crippen LogP contribution in [0.3, 0.4) is 0 Å². The van der Waals surface area contributed by atoms with E-state index in [-0.39, 0.29) is 23.4 Å². The van der Waals surface area contributed by atoms with E-state index in [0.717, 1.165) is 6.42 Å². The quantitative estimate of drug-likeness (QED) is 0.672. The van der Waals surface area contributed by atoms with Crippen LogP contribution in [0.2, 0.25) is 0 Å². The molecule has 0 N–H and O–H groups in total. The maximum atomic E-state index is 12.0. The lowest BCUT2D eigenvalue weighted by atomic mass is 9.85. The highest BCUT2D eigenvalue weighted by atomic mass is 16.5. The van der Waals surface area contributed by atoms with Gasteiger partial charge in [0.25, 0.3) is 0 Å². The Hall–Kier alpha value is -0.530. The topological polar surface area (TPSA) is 26.3 Å². The first kappa shape index (κ1) is 16.5. The van der Waals surface area contributed by atoms with Crippen LogP contribution >= 0.6 is 0 Å². The predicted molar refractivity (Wildman–Crippen MR) is 72.8 cm³/mol. The van der Waals surface area contributed by atoms with E-state index in [4.69, 9.17) is 4.74 Å². The van der Waals surface area contributed by atoms with Gasteiger partial charge in [0, 0.05) is 0 Å². The van der Waals surface area contributed by atoms with Gasteiger partial charge in [0.15, 0.2) is 0 Å². The maximum absolute atomic E-state index is 12.0. The average molecular weight is 242 g/mol. The smallest absolute Gasteiger partial charge is 0.308 e. The summed E-state index contributed by atoms with van der Waals surface area (Å²) in [6, 6.07) is 0. The Balaban J connectivity index is 4.41. The predicted octanol–water partition coefficient (Wildman–Crippen LogP) is 4.28. The molecular formula is C15H30O2. The van der Waals surface area contributed by atoms with Crippen LogP contribution in [0.4, 0.5) is 0 Å². The van der Waals surface area contributed by atoms with Gasteiger partial charge < -0.3 is 4.74 Å². The first-order valence-corrected chi connectivity index (χ1v) is 6.75. The maximum Gasteiger partial charge on any atom is 0.308 e. The van der Waals surface area contributed by atoms with Gasteiger partial charge in [-0.1, -0.05) is 55.4 Å². The highest BCUT2D eigenvalue weighted by Crippen LogP contribution is 2.26. The summed E-state index contributed by atoms with van der Waals surface area (Å²) in [5.74, 6) is 0.684. The van der Waals surface area contributed by atoms with Gasteiger partial charge in [-0.3, -0.25) is 4.79 Å². The van der Waals surface area contributed by atoms with E-state index in [1.165, 1.54) is 0 Å². The zero-order valence-electron chi connectivity index (χ0n) is 12.8. The van der Waals surface area contributed by atoms with E-state index in [0.29, 0.717) is 11.8 Å². The van der Waals surface area contributed by atoms with Gasteiger partial charge in [0.1, 0.15) is 6.10 Å². The van der Waals surface area contributed by atoms with Crippen LogP contribution in [0.25, 0.3) is 0 Å². The van der Waals surface area contributed by atoms with Crippen molar-refractivity contribution in [2.24, 2.45) is 23.2 Å². The summed E-state index contributed by atoms with van der Waals surface area (Å²) < 4.78 is 5.64. The second-order valence-corrected chi connectivity index (χ2v) is 7.06. The van der Waals surface area contributed by atoms with Gasteiger partial charge in [-0.15, -0.1) is 0 Å². The fraction of sp³-hybridized carbons (Fsp3) is 0.933. The summed E-state index contributed by atoms with van der Waals surface area (Å²) >= 11 is 0. The number of hydrogen-bond donors (Lipinski definition) is 0. The number of carbonyl (C=O) groups excluding carboxylic acids is 1. The van der Waals surface area contributed by atoms with Crippen molar-refractivity contribution in [3.05, 3.63) is 0 Å². The molecule has 0 saturated heterocycles. The lowest BCUT2D eigenvalue weighted by Crippen LogP contribution is -2.32. The number of esters is 1. The van der Waals surface area contributed by atoms with Crippen molar-refractivity contribution in [2.75, 3.05) is 0 Å². The van der Waals surface area contributed by atoms with Crippen molar-refractivity contribution >= 4 is 5.97 Å². The third-order valence-corrected chi connectivity index (χ3v) is 2.89. The molecule has 102 valence electrons. The molecule has 1 unspecified atom stereocenters. The Morgan fingerprint density at radius 2 is 1.41 bits per heavy atom. The Bertz CT molecular complexity index is 228. The Labute approximate surface area is 107 Å². The molecule has 0 fully saturated rings. The average Bonchev–Trinajstić information content (AvgIpc) is 2.09. The molecule has 0 aliphatic carbocycles. The van der Waals surface area contributed by atoms with E-state index >= 15 is 0 Å². The SMILES string of the molecule is CC(CC(C)(C)C)C(=O)OC(C(C)C)C(C)C. The minimum atomic E-state index is -0.0488. The van der Waals surface area contributed by atoms with Crippen LogP contribution < -0.4 is 0 Å². The molecule has 0 saturated carbocycles. The first-order chi connectivity index (χ1) is 7.54. The summed E-state index contributed by atoms with van der Waals surface area (Å²) in [7, 11) is 0. The van der Waals surface area contributed by atoms with Crippen molar-refractivity contribution in [3.8, 4) is 0 Å². The molecule has 1 atom stereocenters. The molecule has 0 rings (SSSR count). The minimum Gasteiger partial charge on any atom is -0.462 e.